The van der Waals surface area contributed by atoms with Crippen LogP contribution < -0.4 is 5.73 Å². The van der Waals surface area contributed by atoms with Crippen LogP contribution in [0.3, 0.4) is 0 Å². The van der Waals surface area contributed by atoms with Gasteiger partial charge < -0.3 is 5.73 Å². The number of thioether (sulfide) groups is 1. The van der Waals surface area contributed by atoms with Crippen LogP contribution in [0.25, 0.3) is 0 Å². The predicted octanol–water partition coefficient (Wildman–Crippen LogP) is 4.88. The molecule has 0 aromatic heterocycles. The van der Waals surface area contributed by atoms with Crippen molar-refractivity contribution < 1.29 is 13.2 Å². The van der Waals surface area contributed by atoms with Gasteiger partial charge in [-0.1, -0.05) is 18.9 Å². The van der Waals surface area contributed by atoms with Crippen LogP contribution in [0.15, 0.2) is 23.1 Å². The number of nitrogens with two attached hydrogens (primary N) is 1. The number of rotatable bonds is 5. The van der Waals surface area contributed by atoms with Crippen molar-refractivity contribution in [2.24, 2.45) is 11.7 Å². The lowest BCUT2D eigenvalue weighted by Gasteiger charge is -2.16. The van der Waals surface area contributed by atoms with Gasteiger partial charge >= 0.3 is 6.18 Å². The third-order valence-corrected chi connectivity index (χ3v) is 5.11. The first-order valence-corrected chi connectivity index (χ1v) is 8.43. The minimum atomic E-state index is -4.31. The van der Waals surface area contributed by atoms with E-state index in [0.717, 1.165) is 5.75 Å². The van der Waals surface area contributed by atoms with Gasteiger partial charge in [0.1, 0.15) is 0 Å². The van der Waals surface area contributed by atoms with Crippen molar-refractivity contribution in [1.82, 2.24) is 0 Å². The van der Waals surface area contributed by atoms with Crippen molar-refractivity contribution in [3.63, 3.8) is 0 Å². The molecule has 0 aliphatic heterocycles. The van der Waals surface area contributed by atoms with E-state index in [9.17, 15) is 13.2 Å². The van der Waals surface area contributed by atoms with Gasteiger partial charge in [-0.25, -0.2) is 0 Å². The molecular formula is C16H22F3NS. The summed E-state index contributed by atoms with van der Waals surface area (Å²) in [5.41, 5.74) is 5.41. The first-order chi connectivity index (χ1) is 9.86. The van der Waals surface area contributed by atoms with Gasteiger partial charge in [-0.15, -0.1) is 11.8 Å². The summed E-state index contributed by atoms with van der Waals surface area (Å²) in [6.07, 6.45) is 0.874. The molecule has 1 unspecified atom stereocenters. The maximum Gasteiger partial charge on any atom is 0.416 e. The van der Waals surface area contributed by atoms with Crippen LogP contribution in [0.5, 0.6) is 0 Å². The van der Waals surface area contributed by atoms with Crippen molar-refractivity contribution in [2.45, 2.75) is 56.1 Å². The summed E-state index contributed by atoms with van der Waals surface area (Å²) in [7, 11) is 0. The fraction of sp³-hybridized carbons (Fsp3) is 0.625. The predicted molar refractivity (Wildman–Crippen MR) is 81.5 cm³/mol. The molecule has 0 bridgehead atoms. The average Bonchev–Trinajstić information content (AvgIpc) is 2.88. The number of halogens is 3. The standard InChI is InChI=1S/C16H22F3NS/c1-11(20)8-13-6-7-14(9-15(13)16(17,18)19)21-10-12-4-2-3-5-12/h6-7,9,11-12H,2-5,8,10,20H2,1H3. The zero-order valence-electron chi connectivity index (χ0n) is 12.2. The van der Waals surface area contributed by atoms with E-state index in [0.29, 0.717) is 16.4 Å². The Hall–Kier alpha value is -0.680. The summed E-state index contributed by atoms with van der Waals surface area (Å²) < 4.78 is 39.5. The maximum absolute atomic E-state index is 13.2. The average molecular weight is 317 g/mol. The molecule has 0 heterocycles. The van der Waals surface area contributed by atoms with Gasteiger partial charge in [0.2, 0.25) is 0 Å². The Bertz CT molecular complexity index is 465. The molecule has 1 aromatic carbocycles. The summed E-state index contributed by atoms with van der Waals surface area (Å²) in [4.78, 5) is 0.711. The van der Waals surface area contributed by atoms with Crippen molar-refractivity contribution >= 4 is 11.8 Å². The zero-order chi connectivity index (χ0) is 15.5. The molecule has 1 atom stereocenters. The normalized spacial score (nSPS) is 18.1. The van der Waals surface area contributed by atoms with Gasteiger partial charge in [0, 0.05) is 16.7 Å². The van der Waals surface area contributed by atoms with Crippen LogP contribution in [0.1, 0.15) is 43.7 Å². The van der Waals surface area contributed by atoms with E-state index in [4.69, 9.17) is 5.73 Å². The molecule has 0 amide bonds. The maximum atomic E-state index is 13.2. The van der Waals surface area contributed by atoms with Crippen LogP contribution in [0.4, 0.5) is 13.2 Å². The Morgan fingerprint density at radius 3 is 2.52 bits per heavy atom. The van der Waals surface area contributed by atoms with E-state index in [1.165, 1.54) is 31.7 Å². The molecule has 1 saturated carbocycles. The minimum Gasteiger partial charge on any atom is -0.328 e. The first-order valence-electron chi connectivity index (χ1n) is 7.45. The fourth-order valence-corrected chi connectivity index (χ4v) is 3.95. The summed E-state index contributed by atoms with van der Waals surface area (Å²) in [6, 6.07) is 4.40. The molecule has 1 aliphatic rings. The molecule has 0 saturated heterocycles. The van der Waals surface area contributed by atoms with E-state index in [1.807, 2.05) is 0 Å². The highest BCUT2D eigenvalue weighted by Crippen LogP contribution is 2.37. The molecule has 5 heteroatoms. The van der Waals surface area contributed by atoms with Gasteiger partial charge in [0.05, 0.1) is 5.56 Å². The van der Waals surface area contributed by atoms with E-state index in [-0.39, 0.29) is 12.5 Å². The second-order valence-electron chi connectivity index (χ2n) is 5.96. The minimum absolute atomic E-state index is 0.252. The molecule has 1 fully saturated rings. The lowest BCUT2D eigenvalue weighted by atomic mass is 10.0. The Morgan fingerprint density at radius 2 is 1.95 bits per heavy atom. The summed E-state index contributed by atoms with van der Waals surface area (Å²) in [5, 5.41) is 0. The summed E-state index contributed by atoms with van der Waals surface area (Å²) >= 11 is 1.54. The van der Waals surface area contributed by atoms with Crippen molar-refractivity contribution in [2.75, 3.05) is 5.75 Å². The fourth-order valence-electron chi connectivity index (χ4n) is 2.83. The molecule has 2 N–H and O–H groups in total. The van der Waals surface area contributed by atoms with E-state index >= 15 is 0 Å². The molecule has 118 valence electrons. The SMILES string of the molecule is CC(N)Cc1ccc(SCC2CCCC2)cc1C(F)(F)F. The number of hydrogen-bond donors (Lipinski definition) is 1. The third kappa shape index (κ3) is 4.92. The zero-order valence-corrected chi connectivity index (χ0v) is 13.1. The monoisotopic (exact) mass is 317 g/mol. The highest BCUT2D eigenvalue weighted by Gasteiger charge is 2.33. The number of benzene rings is 1. The highest BCUT2D eigenvalue weighted by atomic mass is 32.2. The summed E-state index contributed by atoms with van der Waals surface area (Å²) in [5.74, 6) is 1.58. The van der Waals surface area contributed by atoms with Gasteiger partial charge in [-0.05, 0) is 49.8 Å². The van der Waals surface area contributed by atoms with Crippen LogP contribution in [0.2, 0.25) is 0 Å². The van der Waals surface area contributed by atoms with Gasteiger partial charge in [-0.3, -0.25) is 0 Å². The molecule has 1 nitrogen and oxygen atoms in total. The Kier molecular flexibility index (Phi) is 5.60. The second-order valence-corrected chi connectivity index (χ2v) is 7.05. The van der Waals surface area contributed by atoms with E-state index in [1.54, 1.807) is 30.8 Å². The molecule has 0 spiro atoms. The Morgan fingerprint density at radius 1 is 1.29 bits per heavy atom. The lowest BCUT2D eigenvalue weighted by molar-refractivity contribution is -0.138. The molecule has 0 radical (unpaired) electrons. The van der Waals surface area contributed by atoms with Crippen LogP contribution in [-0.2, 0) is 12.6 Å². The Labute approximate surface area is 128 Å². The van der Waals surface area contributed by atoms with Crippen molar-refractivity contribution in [3.05, 3.63) is 29.3 Å². The smallest absolute Gasteiger partial charge is 0.328 e. The van der Waals surface area contributed by atoms with E-state index in [2.05, 4.69) is 0 Å². The quantitative estimate of drug-likeness (QED) is 0.784. The Balaban J connectivity index is 2.12. The molecule has 1 aromatic rings. The first kappa shape index (κ1) is 16.7. The molecular weight excluding hydrogens is 295 g/mol. The van der Waals surface area contributed by atoms with Crippen molar-refractivity contribution in [3.8, 4) is 0 Å². The summed E-state index contributed by atoms with van der Waals surface area (Å²) in [6.45, 7) is 1.73. The number of hydrogen-bond acceptors (Lipinski definition) is 2. The van der Waals surface area contributed by atoms with Crippen LogP contribution >= 0.6 is 11.8 Å². The van der Waals surface area contributed by atoms with Crippen LogP contribution in [-0.4, -0.2) is 11.8 Å². The van der Waals surface area contributed by atoms with Crippen LogP contribution in [0, 0.1) is 5.92 Å². The van der Waals surface area contributed by atoms with Crippen molar-refractivity contribution in [1.29, 1.82) is 0 Å². The molecule has 21 heavy (non-hydrogen) atoms. The van der Waals surface area contributed by atoms with Gasteiger partial charge in [0.25, 0.3) is 0 Å². The number of alkyl halides is 3. The highest BCUT2D eigenvalue weighted by molar-refractivity contribution is 7.99. The van der Waals surface area contributed by atoms with Gasteiger partial charge in [0.15, 0.2) is 0 Å². The topological polar surface area (TPSA) is 26.0 Å². The van der Waals surface area contributed by atoms with Gasteiger partial charge in [-0.2, -0.15) is 13.2 Å². The lowest BCUT2D eigenvalue weighted by Crippen LogP contribution is -2.20. The second kappa shape index (κ2) is 7.05. The molecule has 2 rings (SSSR count). The third-order valence-electron chi connectivity index (χ3n) is 3.89. The largest absolute Gasteiger partial charge is 0.416 e. The molecule has 1 aliphatic carbocycles. The van der Waals surface area contributed by atoms with E-state index < -0.39 is 11.7 Å².